The molecule has 2 nitrogen and oxygen atoms in total. The van der Waals surface area contributed by atoms with Crippen LogP contribution in [0.3, 0.4) is 0 Å². The van der Waals surface area contributed by atoms with Gasteiger partial charge in [-0.2, -0.15) is 0 Å². The monoisotopic (exact) mass is 301 g/mol. The second-order valence-corrected chi connectivity index (χ2v) is 6.44. The molecule has 0 saturated heterocycles. The Labute approximate surface area is 113 Å². The SMILES string of the molecule is O=C(NCCCBr)C1CCC2CCCCC2C1. The zero-order valence-electron chi connectivity index (χ0n) is 10.6. The Balaban J connectivity index is 1.76. The van der Waals surface area contributed by atoms with Gasteiger partial charge in [0.25, 0.3) is 0 Å². The van der Waals surface area contributed by atoms with E-state index in [-0.39, 0.29) is 0 Å². The molecular formula is C14H24BrNO. The van der Waals surface area contributed by atoms with Crippen molar-refractivity contribution in [2.45, 2.75) is 51.4 Å². The smallest absolute Gasteiger partial charge is 0.223 e. The number of halogens is 1. The molecule has 0 radical (unpaired) electrons. The molecule has 0 spiro atoms. The quantitative estimate of drug-likeness (QED) is 0.625. The van der Waals surface area contributed by atoms with Crippen molar-refractivity contribution in [2.24, 2.45) is 17.8 Å². The summed E-state index contributed by atoms with van der Waals surface area (Å²) in [4.78, 5) is 12.0. The lowest BCUT2D eigenvalue weighted by Gasteiger charge is -2.38. The zero-order valence-corrected chi connectivity index (χ0v) is 12.2. The third-order valence-electron chi connectivity index (χ3n) is 4.52. The van der Waals surface area contributed by atoms with E-state index >= 15 is 0 Å². The van der Waals surface area contributed by atoms with Crippen LogP contribution in [-0.2, 0) is 4.79 Å². The molecule has 98 valence electrons. The minimum absolute atomic E-state index is 0.310. The molecule has 0 aromatic carbocycles. The lowest BCUT2D eigenvalue weighted by Crippen LogP contribution is -2.37. The highest BCUT2D eigenvalue weighted by molar-refractivity contribution is 9.09. The third kappa shape index (κ3) is 3.70. The van der Waals surface area contributed by atoms with Gasteiger partial charge in [-0.05, 0) is 37.5 Å². The Morgan fingerprint density at radius 2 is 1.88 bits per heavy atom. The standard InChI is InChI=1S/C14H24BrNO/c15-8-3-9-16-14(17)13-7-6-11-4-1-2-5-12(11)10-13/h11-13H,1-10H2,(H,16,17). The second-order valence-electron chi connectivity index (χ2n) is 5.65. The fourth-order valence-electron chi connectivity index (χ4n) is 3.53. The van der Waals surface area contributed by atoms with E-state index in [1.165, 1.54) is 32.1 Å². The van der Waals surface area contributed by atoms with E-state index in [0.29, 0.717) is 11.8 Å². The Morgan fingerprint density at radius 3 is 2.65 bits per heavy atom. The van der Waals surface area contributed by atoms with E-state index in [2.05, 4.69) is 21.2 Å². The summed E-state index contributed by atoms with van der Waals surface area (Å²) in [6.07, 6.45) is 10.2. The minimum atomic E-state index is 0.310. The van der Waals surface area contributed by atoms with Crippen molar-refractivity contribution in [3.05, 3.63) is 0 Å². The van der Waals surface area contributed by atoms with E-state index in [0.717, 1.165) is 43.0 Å². The van der Waals surface area contributed by atoms with Crippen molar-refractivity contribution in [3.63, 3.8) is 0 Å². The van der Waals surface area contributed by atoms with Gasteiger partial charge in [0.2, 0.25) is 5.91 Å². The molecule has 0 aliphatic heterocycles. The van der Waals surface area contributed by atoms with Gasteiger partial charge in [-0.1, -0.05) is 41.6 Å². The summed E-state index contributed by atoms with van der Waals surface area (Å²) < 4.78 is 0. The average Bonchev–Trinajstić information content (AvgIpc) is 2.38. The van der Waals surface area contributed by atoms with Crippen LogP contribution in [0, 0.1) is 17.8 Å². The molecule has 3 atom stereocenters. The highest BCUT2D eigenvalue weighted by Crippen LogP contribution is 2.42. The van der Waals surface area contributed by atoms with E-state index in [9.17, 15) is 4.79 Å². The number of rotatable bonds is 4. The number of amides is 1. The van der Waals surface area contributed by atoms with Crippen molar-refractivity contribution < 1.29 is 4.79 Å². The fourth-order valence-corrected chi connectivity index (χ4v) is 3.81. The van der Waals surface area contributed by atoms with Crippen LogP contribution in [0.25, 0.3) is 0 Å². The Morgan fingerprint density at radius 1 is 1.12 bits per heavy atom. The van der Waals surface area contributed by atoms with Crippen LogP contribution < -0.4 is 5.32 Å². The number of nitrogens with one attached hydrogen (secondary N) is 1. The highest BCUT2D eigenvalue weighted by Gasteiger charge is 2.34. The summed E-state index contributed by atoms with van der Waals surface area (Å²) in [5.74, 6) is 2.42. The number of carbonyl (C=O) groups excluding carboxylic acids is 1. The summed E-state index contributed by atoms with van der Waals surface area (Å²) in [7, 11) is 0. The Hall–Kier alpha value is -0.0500. The first-order valence-corrected chi connectivity index (χ1v) is 8.27. The number of carbonyl (C=O) groups is 1. The summed E-state index contributed by atoms with van der Waals surface area (Å²) in [5.41, 5.74) is 0. The lowest BCUT2D eigenvalue weighted by molar-refractivity contribution is -0.127. The maximum atomic E-state index is 12.0. The molecule has 2 saturated carbocycles. The molecule has 3 heteroatoms. The van der Waals surface area contributed by atoms with Gasteiger partial charge < -0.3 is 5.32 Å². The number of hydrogen-bond donors (Lipinski definition) is 1. The lowest BCUT2D eigenvalue weighted by atomic mass is 9.67. The van der Waals surface area contributed by atoms with Gasteiger partial charge >= 0.3 is 0 Å². The fraction of sp³-hybridized carbons (Fsp3) is 0.929. The summed E-state index contributed by atoms with van der Waals surface area (Å²) in [6.45, 7) is 0.828. The maximum Gasteiger partial charge on any atom is 0.223 e. The summed E-state index contributed by atoms with van der Waals surface area (Å²) in [6, 6.07) is 0. The van der Waals surface area contributed by atoms with Gasteiger partial charge in [-0.15, -0.1) is 0 Å². The highest BCUT2D eigenvalue weighted by atomic mass is 79.9. The molecule has 0 bridgehead atoms. The second kappa shape index (κ2) is 6.77. The molecular weight excluding hydrogens is 278 g/mol. The molecule has 3 unspecified atom stereocenters. The topological polar surface area (TPSA) is 29.1 Å². The molecule has 1 amide bonds. The molecule has 0 heterocycles. The van der Waals surface area contributed by atoms with Crippen LogP contribution in [0.5, 0.6) is 0 Å². The van der Waals surface area contributed by atoms with Gasteiger partial charge in [0.15, 0.2) is 0 Å². The van der Waals surface area contributed by atoms with Crippen molar-refractivity contribution in [1.29, 1.82) is 0 Å². The first kappa shape index (κ1) is 13.4. The van der Waals surface area contributed by atoms with Crippen molar-refractivity contribution in [1.82, 2.24) is 5.32 Å². The van der Waals surface area contributed by atoms with Gasteiger partial charge in [0.05, 0.1) is 0 Å². The van der Waals surface area contributed by atoms with E-state index in [1.807, 2.05) is 0 Å². The van der Waals surface area contributed by atoms with Gasteiger partial charge in [-0.3, -0.25) is 4.79 Å². The first-order chi connectivity index (χ1) is 8.31. The largest absolute Gasteiger partial charge is 0.356 e. The van der Waals surface area contributed by atoms with Crippen LogP contribution in [0.2, 0.25) is 0 Å². The van der Waals surface area contributed by atoms with Crippen LogP contribution in [0.4, 0.5) is 0 Å². The van der Waals surface area contributed by atoms with Crippen LogP contribution in [0.15, 0.2) is 0 Å². The molecule has 2 aliphatic carbocycles. The summed E-state index contributed by atoms with van der Waals surface area (Å²) in [5, 5.41) is 4.05. The molecule has 17 heavy (non-hydrogen) atoms. The normalized spacial score (nSPS) is 32.9. The third-order valence-corrected chi connectivity index (χ3v) is 5.08. The van der Waals surface area contributed by atoms with Crippen molar-refractivity contribution >= 4 is 21.8 Å². The molecule has 0 aromatic heterocycles. The molecule has 0 aromatic rings. The van der Waals surface area contributed by atoms with Crippen LogP contribution in [0.1, 0.15) is 51.4 Å². The van der Waals surface area contributed by atoms with Crippen LogP contribution >= 0.6 is 15.9 Å². The van der Waals surface area contributed by atoms with E-state index in [4.69, 9.17) is 0 Å². The van der Waals surface area contributed by atoms with Gasteiger partial charge in [-0.25, -0.2) is 0 Å². The number of alkyl halides is 1. The first-order valence-electron chi connectivity index (χ1n) is 7.15. The predicted molar refractivity (Wildman–Crippen MR) is 74.2 cm³/mol. The average molecular weight is 302 g/mol. The number of hydrogen-bond acceptors (Lipinski definition) is 1. The van der Waals surface area contributed by atoms with Gasteiger partial charge in [0.1, 0.15) is 0 Å². The number of fused-ring (bicyclic) bond motifs is 1. The molecule has 2 aliphatic rings. The Kier molecular flexibility index (Phi) is 5.33. The molecule has 2 rings (SSSR count). The molecule has 1 N–H and O–H groups in total. The zero-order chi connectivity index (χ0) is 12.1. The van der Waals surface area contributed by atoms with E-state index < -0.39 is 0 Å². The maximum absolute atomic E-state index is 12.0. The van der Waals surface area contributed by atoms with Crippen LogP contribution in [-0.4, -0.2) is 17.8 Å². The van der Waals surface area contributed by atoms with Crippen molar-refractivity contribution in [3.8, 4) is 0 Å². The molecule has 2 fully saturated rings. The Bertz CT molecular complexity index is 257. The van der Waals surface area contributed by atoms with Gasteiger partial charge in [0, 0.05) is 17.8 Å². The van der Waals surface area contributed by atoms with Crippen molar-refractivity contribution in [2.75, 3.05) is 11.9 Å². The summed E-state index contributed by atoms with van der Waals surface area (Å²) >= 11 is 3.39. The predicted octanol–water partition coefficient (Wildman–Crippen LogP) is 3.49. The van der Waals surface area contributed by atoms with E-state index in [1.54, 1.807) is 0 Å². The minimum Gasteiger partial charge on any atom is -0.356 e.